The van der Waals surface area contributed by atoms with Gasteiger partial charge in [0.25, 0.3) is 0 Å². The molecule has 0 saturated heterocycles. The van der Waals surface area contributed by atoms with E-state index in [4.69, 9.17) is 23.2 Å². The Morgan fingerprint density at radius 2 is 1.58 bits per heavy atom. The van der Waals surface area contributed by atoms with Gasteiger partial charge in [0.2, 0.25) is 0 Å². The topological polar surface area (TPSA) is 37.8 Å². The van der Waals surface area contributed by atoms with Crippen LogP contribution in [-0.4, -0.2) is 16.5 Å². The van der Waals surface area contributed by atoms with Gasteiger partial charge in [0.05, 0.1) is 11.0 Å². The van der Waals surface area contributed by atoms with Gasteiger partial charge in [-0.3, -0.25) is 9.97 Å². The average molecular weight is 449 g/mol. The zero-order valence-corrected chi connectivity index (χ0v) is 18.7. The van der Waals surface area contributed by atoms with Gasteiger partial charge in [-0.15, -0.1) is 0 Å². The number of rotatable bonds is 5. The predicted molar refractivity (Wildman–Crippen MR) is 131 cm³/mol. The van der Waals surface area contributed by atoms with Crippen molar-refractivity contribution in [2.75, 3.05) is 11.9 Å². The standard InChI is InChI=1S/C26H24Cl2N3/c27-20-4-6-22-19(8-10-29-25(22)14-20)13-17-2-1-3-18(12-17)16-31-24-9-11-30-26-15-21(28)5-7-23(24)26/h4-11,13-15,17-18H,1-3,12,16H2,(H,30,31). The fourth-order valence-corrected chi connectivity index (χ4v) is 5.07. The lowest BCUT2D eigenvalue weighted by Crippen LogP contribution is -2.23. The van der Waals surface area contributed by atoms with Crippen molar-refractivity contribution in [3.8, 4) is 0 Å². The number of fused-ring (bicyclic) bond motifs is 2. The SMILES string of the molecule is Clc1ccc2c([CH]C3CCCC(CNc4ccnc5cc(Cl)ccc45)C3)ccnc2c1. The second-order valence-electron chi connectivity index (χ2n) is 8.42. The maximum Gasteiger partial charge on any atom is 0.0737 e. The number of hydrogen-bond donors (Lipinski definition) is 1. The lowest BCUT2D eigenvalue weighted by Gasteiger charge is -2.30. The van der Waals surface area contributed by atoms with Crippen LogP contribution >= 0.6 is 23.2 Å². The van der Waals surface area contributed by atoms with Crippen LogP contribution < -0.4 is 5.32 Å². The molecule has 0 aliphatic heterocycles. The van der Waals surface area contributed by atoms with Crippen molar-refractivity contribution < 1.29 is 0 Å². The van der Waals surface area contributed by atoms with Crippen LogP contribution in [0.15, 0.2) is 60.9 Å². The van der Waals surface area contributed by atoms with Crippen molar-refractivity contribution in [1.82, 2.24) is 9.97 Å². The quantitative estimate of drug-likeness (QED) is 0.342. The number of benzene rings is 2. The maximum atomic E-state index is 6.14. The summed E-state index contributed by atoms with van der Waals surface area (Å²) >= 11 is 12.3. The highest BCUT2D eigenvalue weighted by atomic mass is 35.5. The minimum Gasteiger partial charge on any atom is -0.384 e. The zero-order valence-electron chi connectivity index (χ0n) is 17.2. The Kier molecular flexibility index (Phi) is 5.97. The zero-order chi connectivity index (χ0) is 21.2. The van der Waals surface area contributed by atoms with Crippen molar-refractivity contribution in [3.63, 3.8) is 0 Å². The Balaban J connectivity index is 1.26. The van der Waals surface area contributed by atoms with E-state index >= 15 is 0 Å². The van der Waals surface area contributed by atoms with E-state index in [0.717, 1.165) is 33.7 Å². The van der Waals surface area contributed by atoms with Gasteiger partial charge in [0, 0.05) is 45.4 Å². The van der Waals surface area contributed by atoms with Crippen LogP contribution in [0, 0.1) is 18.3 Å². The summed E-state index contributed by atoms with van der Waals surface area (Å²) in [6, 6.07) is 16.0. The Hall–Kier alpha value is -2.36. The molecule has 2 heterocycles. The van der Waals surface area contributed by atoms with Gasteiger partial charge in [-0.1, -0.05) is 35.7 Å². The van der Waals surface area contributed by atoms with Gasteiger partial charge < -0.3 is 5.32 Å². The third-order valence-corrected chi connectivity index (χ3v) is 6.73. The first kappa shape index (κ1) is 20.5. The summed E-state index contributed by atoms with van der Waals surface area (Å²) < 4.78 is 0. The molecule has 2 unspecified atom stereocenters. The number of halogens is 2. The molecule has 1 radical (unpaired) electrons. The second kappa shape index (κ2) is 9.02. The number of nitrogens with one attached hydrogen (secondary N) is 1. The largest absolute Gasteiger partial charge is 0.384 e. The van der Waals surface area contributed by atoms with Crippen LogP contribution in [0.1, 0.15) is 31.2 Å². The maximum absolute atomic E-state index is 6.14. The summed E-state index contributed by atoms with van der Waals surface area (Å²) in [6.45, 7) is 0.971. The molecule has 1 fully saturated rings. The minimum absolute atomic E-state index is 0.579. The average Bonchev–Trinajstić information content (AvgIpc) is 2.77. The molecule has 2 aromatic heterocycles. The Bertz CT molecular complexity index is 1220. The van der Waals surface area contributed by atoms with Gasteiger partial charge in [-0.25, -0.2) is 0 Å². The third kappa shape index (κ3) is 4.63. The van der Waals surface area contributed by atoms with Gasteiger partial charge >= 0.3 is 0 Å². The summed E-state index contributed by atoms with van der Waals surface area (Å²) in [7, 11) is 0. The van der Waals surface area contributed by atoms with E-state index in [1.165, 1.54) is 36.6 Å². The molecule has 2 aromatic carbocycles. The van der Waals surface area contributed by atoms with Crippen LogP contribution in [0.3, 0.4) is 0 Å². The molecule has 0 spiro atoms. The fraction of sp³-hybridized carbons (Fsp3) is 0.269. The Morgan fingerprint density at radius 1 is 0.871 bits per heavy atom. The Labute approximate surface area is 192 Å². The molecule has 157 valence electrons. The summed E-state index contributed by atoms with van der Waals surface area (Å²) in [4.78, 5) is 8.92. The third-order valence-electron chi connectivity index (χ3n) is 6.26. The molecule has 5 rings (SSSR count). The van der Waals surface area contributed by atoms with E-state index in [9.17, 15) is 0 Å². The number of aromatic nitrogens is 2. The van der Waals surface area contributed by atoms with Crippen molar-refractivity contribution in [1.29, 1.82) is 0 Å². The summed E-state index contributed by atoms with van der Waals surface area (Å²) in [5.74, 6) is 1.22. The molecule has 1 aliphatic carbocycles. The van der Waals surface area contributed by atoms with Crippen LogP contribution in [0.4, 0.5) is 5.69 Å². The summed E-state index contributed by atoms with van der Waals surface area (Å²) in [5.41, 5.74) is 4.28. The predicted octanol–water partition coefficient (Wildman–Crippen LogP) is 7.56. The molecule has 3 nitrogen and oxygen atoms in total. The van der Waals surface area contributed by atoms with Crippen LogP contribution in [-0.2, 0) is 0 Å². The van der Waals surface area contributed by atoms with Gasteiger partial charge in [-0.2, -0.15) is 0 Å². The lowest BCUT2D eigenvalue weighted by atomic mass is 9.78. The highest BCUT2D eigenvalue weighted by molar-refractivity contribution is 6.31. The van der Waals surface area contributed by atoms with Crippen LogP contribution in [0.25, 0.3) is 21.8 Å². The van der Waals surface area contributed by atoms with E-state index in [2.05, 4.69) is 39.9 Å². The van der Waals surface area contributed by atoms with Crippen molar-refractivity contribution in [3.05, 3.63) is 83.0 Å². The first-order chi connectivity index (χ1) is 15.2. The number of hydrogen-bond acceptors (Lipinski definition) is 3. The summed E-state index contributed by atoms with van der Waals surface area (Å²) in [5, 5.41) is 7.41. The lowest BCUT2D eigenvalue weighted by molar-refractivity contribution is 0.306. The molecule has 1 aliphatic rings. The molecule has 0 bridgehead atoms. The normalized spacial score (nSPS) is 19.0. The van der Waals surface area contributed by atoms with Crippen molar-refractivity contribution in [2.24, 2.45) is 11.8 Å². The number of pyridine rings is 2. The van der Waals surface area contributed by atoms with Crippen LogP contribution in [0.5, 0.6) is 0 Å². The van der Waals surface area contributed by atoms with Gasteiger partial charge in [0.1, 0.15) is 0 Å². The Morgan fingerprint density at radius 3 is 2.39 bits per heavy atom. The molecule has 1 N–H and O–H groups in total. The fourth-order valence-electron chi connectivity index (χ4n) is 4.74. The highest BCUT2D eigenvalue weighted by Crippen LogP contribution is 2.35. The molecule has 4 aromatic rings. The molecular weight excluding hydrogens is 425 g/mol. The molecule has 2 atom stereocenters. The van der Waals surface area contributed by atoms with E-state index in [1.807, 2.05) is 42.7 Å². The van der Waals surface area contributed by atoms with Crippen LogP contribution in [0.2, 0.25) is 10.0 Å². The first-order valence-electron chi connectivity index (χ1n) is 10.8. The van der Waals surface area contributed by atoms with Crippen molar-refractivity contribution >= 4 is 50.7 Å². The number of nitrogens with zero attached hydrogens (tertiary/aromatic N) is 2. The molecular formula is C26H24Cl2N3. The second-order valence-corrected chi connectivity index (χ2v) is 9.29. The molecule has 31 heavy (non-hydrogen) atoms. The van der Waals surface area contributed by atoms with Gasteiger partial charge in [0.15, 0.2) is 0 Å². The van der Waals surface area contributed by atoms with Crippen molar-refractivity contribution in [2.45, 2.75) is 25.7 Å². The minimum atomic E-state index is 0.579. The molecule has 0 amide bonds. The van der Waals surface area contributed by atoms with E-state index in [0.29, 0.717) is 16.9 Å². The van der Waals surface area contributed by atoms with Gasteiger partial charge in [-0.05, 0) is 85.5 Å². The van der Waals surface area contributed by atoms with E-state index in [1.54, 1.807) is 0 Å². The first-order valence-corrected chi connectivity index (χ1v) is 11.6. The van der Waals surface area contributed by atoms with E-state index < -0.39 is 0 Å². The summed E-state index contributed by atoms with van der Waals surface area (Å²) in [6.07, 6.45) is 11.1. The molecule has 1 saturated carbocycles. The van der Waals surface area contributed by atoms with E-state index in [-0.39, 0.29) is 0 Å². The number of anilines is 1. The highest BCUT2D eigenvalue weighted by Gasteiger charge is 2.23. The molecule has 5 heteroatoms. The smallest absolute Gasteiger partial charge is 0.0737 e. The monoisotopic (exact) mass is 448 g/mol.